The minimum Gasteiger partial charge on any atom is -0.505 e. The van der Waals surface area contributed by atoms with Crippen LogP contribution in [0.1, 0.15) is 59.3 Å². The van der Waals surface area contributed by atoms with Crippen LogP contribution in [-0.2, 0) is 14.3 Å². The number of carbonyl (C=O) groups is 2. The molecule has 3 rings (SSSR count). The Morgan fingerprint density at radius 1 is 1.26 bits per heavy atom. The van der Waals surface area contributed by atoms with Gasteiger partial charge in [-0.15, -0.1) is 0 Å². The van der Waals surface area contributed by atoms with Gasteiger partial charge in [0.25, 0.3) is 0 Å². The maximum absolute atomic E-state index is 13.1. The molecule has 3 aliphatic rings. The quantitative estimate of drug-likeness (QED) is 0.731. The zero-order valence-corrected chi connectivity index (χ0v) is 14.6. The van der Waals surface area contributed by atoms with Crippen LogP contribution in [-0.4, -0.2) is 40.6 Å². The second-order valence-corrected chi connectivity index (χ2v) is 8.04. The first kappa shape index (κ1) is 16.3. The lowest BCUT2D eigenvalue weighted by atomic mass is 9.66. The van der Waals surface area contributed by atoms with E-state index >= 15 is 0 Å². The van der Waals surface area contributed by atoms with Crippen molar-refractivity contribution >= 4 is 11.9 Å². The van der Waals surface area contributed by atoms with E-state index in [2.05, 4.69) is 0 Å². The van der Waals surface area contributed by atoms with Crippen molar-refractivity contribution in [3.8, 4) is 0 Å². The molecule has 0 aromatic rings. The van der Waals surface area contributed by atoms with Crippen LogP contribution in [0.4, 0.5) is 4.79 Å². The smallest absolute Gasteiger partial charge is 0.411 e. The molecule has 128 valence electrons. The van der Waals surface area contributed by atoms with Crippen molar-refractivity contribution in [1.29, 1.82) is 0 Å². The lowest BCUT2D eigenvalue weighted by molar-refractivity contribution is -0.127. The predicted molar refractivity (Wildman–Crippen MR) is 85.9 cm³/mol. The summed E-state index contributed by atoms with van der Waals surface area (Å²) in [5.41, 5.74) is -1.81. The molecule has 1 saturated carbocycles. The van der Waals surface area contributed by atoms with E-state index in [1.54, 1.807) is 18.1 Å². The highest BCUT2D eigenvalue weighted by molar-refractivity contribution is 6.01. The number of hydrogen-bond donors (Lipinski definition) is 0. The van der Waals surface area contributed by atoms with E-state index in [1.165, 1.54) is 6.26 Å². The summed E-state index contributed by atoms with van der Waals surface area (Å²) in [6, 6.07) is 0. The largest absolute Gasteiger partial charge is 0.505 e. The first-order valence-electron chi connectivity index (χ1n) is 8.55. The van der Waals surface area contributed by atoms with Crippen molar-refractivity contribution in [2.75, 3.05) is 7.11 Å². The van der Waals surface area contributed by atoms with Gasteiger partial charge in [0.15, 0.2) is 5.78 Å². The molecular formula is C18H27NO4. The molecule has 3 fully saturated rings. The molecule has 0 aromatic carbocycles. The molecule has 0 aromatic heterocycles. The summed E-state index contributed by atoms with van der Waals surface area (Å²) in [5, 5.41) is 0. The predicted octanol–water partition coefficient (Wildman–Crippen LogP) is 3.43. The molecule has 2 aliphatic heterocycles. The van der Waals surface area contributed by atoms with Crippen LogP contribution in [0.2, 0.25) is 0 Å². The Hall–Kier alpha value is -1.52. The van der Waals surface area contributed by atoms with Gasteiger partial charge in [-0.25, -0.2) is 4.79 Å². The number of ketones is 1. The SMILES string of the molecule is CO/C=C\[C@@]12CC[C@]3(CCCC[C@H]3C1=O)N2C(=O)OC(C)(C)C. The van der Waals surface area contributed by atoms with Crippen molar-refractivity contribution in [2.45, 2.75) is 76.0 Å². The molecule has 3 atom stereocenters. The Balaban J connectivity index is 2.04. The fourth-order valence-corrected chi connectivity index (χ4v) is 4.80. The fourth-order valence-electron chi connectivity index (χ4n) is 4.80. The third-order valence-electron chi connectivity index (χ3n) is 5.58. The fraction of sp³-hybridized carbons (Fsp3) is 0.778. The molecule has 2 bridgehead atoms. The summed E-state index contributed by atoms with van der Waals surface area (Å²) >= 11 is 0. The van der Waals surface area contributed by atoms with Crippen molar-refractivity contribution in [3.05, 3.63) is 12.3 Å². The maximum Gasteiger partial charge on any atom is 0.411 e. The van der Waals surface area contributed by atoms with Crippen LogP contribution in [0.15, 0.2) is 12.3 Å². The van der Waals surface area contributed by atoms with Gasteiger partial charge in [-0.1, -0.05) is 12.8 Å². The Morgan fingerprint density at radius 2 is 2.00 bits per heavy atom. The second-order valence-electron chi connectivity index (χ2n) is 8.04. The molecule has 1 aliphatic carbocycles. The summed E-state index contributed by atoms with van der Waals surface area (Å²) < 4.78 is 10.7. The van der Waals surface area contributed by atoms with Crippen molar-refractivity contribution in [3.63, 3.8) is 0 Å². The van der Waals surface area contributed by atoms with E-state index in [-0.39, 0.29) is 23.3 Å². The first-order chi connectivity index (χ1) is 10.8. The van der Waals surface area contributed by atoms with Crippen LogP contribution in [0.5, 0.6) is 0 Å². The molecule has 2 heterocycles. The van der Waals surface area contributed by atoms with Gasteiger partial charge in [-0.05, 0) is 52.5 Å². The van der Waals surface area contributed by atoms with Crippen LogP contribution in [0.3, 0.4) is 0 Å². The summed E-state index contributed by atoms with van der Waals surface area (Å²) in [6.07, 6.45) is 8.37. The van der Waals surface area contributed by atoms with Crippen LogP contribution in [0, 0.1) is 5.92 Å². The average molecular weight is 321 g/mol. The summed E-state index contributed by atoms with van der Waals surface area (Å²) in [7, 11) is 1.56. The van der Waals surface area contributed by atoms with E-state index in [0.29, 0.717) is 6.42 Å². The number of hydrogen-bond acceptors (Lipinski definition) is 4. The zero-order chi connectivity index (χ0) is 16.9. The highest BCUT2D eigenvalue weighted by atomic mass is 16.6. The van der Waals surface area contributed by atoms with Gasteiger partial charge in [0, 0.05) is 5.92 Å². The summed E-state index contributed by atoms with van der Waals surface area (Å²) in [5.74, 6) is 0.113. The Kier molecular flexibility index (Phi) is 3.73. The number of Topliss-reactive ketones (excluding diaryl/α,β-unsaturated/α-hetero) is 1. The summed E-state index contributed by atoms with van der Waals surface area (Å²) in [6.45, 7) is 5.58. The lowest BCUT2D eigenvalue weighted by Crippen LogP contribution is -2.54. The van der Waals surface area contributed by atoms with E-state index in [4.69, 9.17) is 9.47 Å². The van der Waals surface area contributed by atoms with Gasteiger partial charge < -0.3 is 9.47 Å². The van der Waals surface area contributed by atoms with Gasteiger partial charge in [-0.2, -0.15) is 0 Å². The van der Waals surface area contributed by atoms with E-state index in [0.717, 1.165) is 32.1 Å². The number of methoxy groups -OCH3 is 1. The number of carbonyl (C=O) groups excluding carboxylic acids is 2. The third-order valence-corrected chi connectivity index (χ3v) is 5.58. The van der Waals surface area contributed by atoms with E-state index in [1.807, 2.05) is 20.8 Å². The first-order valence-corrected chi connectivity index (χ1v) is 8.55. The van der Waals surface area contributed by atoms with Crippen LogP contribution < -0.4 is 0 Å². The minimum atomic E-state index is -0.882. The third kappa shape index (κ3) is 2.27. The Bertz CT molecular complexity index is 550. The van der Waals surface area contributed by atoms with Gasteiger partial charge in [-0.3, -0.25) is 9.69 Å². The average Bonchev–Trinajstić information content (AvgIpc) is 2.89. The molecule has 1 amide bonds. The molecular weight excluding hydrogens is 294 g/mol. The number of amides is 1. The second kappa shape index (κ2) is 5.25. The standard InChI is InChI=1S/C18H27NO4/c1-16(2,3)23-15(21)19-17-8-6-5-7-13(17)14(20)18(19,10-9-17)11-12-22-4/h11-13H,5-10H2,1-4H3/b12-11-/t13-,17-,18-/m0/s1. The van der Waals surface area contributed by atoms with Crippen molar-refractivity contribution in [1.82, 2.24) is 4.90 Å². The molecule has 1 spiro atoms. The molecule has 23 heavy (non-hydrogen) atoms. The highest BCUT2D eigenvalue weighted by Gasteiger charge is 2.72. The van der Waals surface area contributed by atoms with E-state index < -0.39 is 11.1 Å². The Morgan fingerprint density at radius 3 is 2.65 bits per heavy atom. The number of ether oxygens (including phenoxy) is 2. The molecule has 0 N–H and O–H groups in total. The number of rotatable bonds is 2. The topological polar surface area (TPSA) is 55.8 Å². The lowest BCUT2D eigenvalue weighted by Gasteiger charge is -2.42. The van der Waals surface area contributed by atoms with Gasteiger partial charge in [0.2, 0.25) is 0 Å². The van der Waals surface area contributed by atoms with Crippen molar-refractivity contribution < 1.29 is 19.1 Å². The van der Waals surface area contributed by atoms with Gasteiger partial charge in [0.05, 0.1) is 18.9 Å². The normalized spacial score (nSPS) is 36.4. The molecule has 0 unspecified atom stereocenters. The minimum absolute atomic E-state index is 0.0565. The molecule has 5 nitrogen and oxygen atoms in total. The number of fused-ring (bicyclic) bond motifs is 1. The van der Waals surface area contributed by atoms with E-state index in [9.17, 15) is 9.59 Å². The highest BCUT2D eigenvalue weighted by Crippen LogP contribution is 2.60. The number of nitrogens with zero attached hydrogens (tertiary/aromatic N) is 1. The molecule has 5 heteroatoms. The maximum atomic E-state index is 13.1. The Labute approximate surface area is 138 Å². The van der Waals surface area contributed by atoms with Gasteiger partial charge >= 0.3 is 6.09 Å². The molecule has 2 saturated heterocycles. The van der Waals surface area contributed by atoms with Gasteiger partial charge in [0.1, 0.15) is 11.1 Å². The monoisotopic (exact) mass is 321 g/mol. The van der Waals surface area contributed by atoms with Crippen LogP contribution in [0.25, 0.3) is 0 Å². The molecule has 0 radical (unpaired) electrons. The van der Waals surface area contributed by atoms with Crippen molar-refractivity contribution in [2.24, 2.45) is 5.92 Å². The van der Waals surface area contributed by atoms with Crippen LogP contribution >= 0.6 is 0 Å². The zero-order valence-electron chi connectivity index (χ0n) is 14.6. The summed E-state index contributed by atoms with van der Waals surface area (Å²) in [4.78, 5) is 27.9.